The van der Waals surface area contributed by atoms with E-state index in [9.17, 15) is 0 Å². The Kier molecular flexibility index (Phi) is 3.21. The summed E-state index contributed by atoms with van der Waals surface area (Å²) in [4.78, 5) is 2.23. The molecule has 0 amide bonds. The van der Waals surface area contributed by atoms with Gasteiger partial charge in [0.05, 0.1) is 0 Å². The van der Waals surface area contributed by atoms with Gasteiger partial charge in [0.1, 0.15) is 0 Å². The van der Waals surface area contributed by atoms with Gasteiger partial charge >= 0.3 is 0 Å². The van der Waals surface area contributed by atoms with E-state index in [0.717, 1.165) is 6.54 Å². The highest BCUT2D eigenvalue weighted by molar-refractivity contribution is 5.76. The monoisotopic (exact) mass is 227 g/mol. The molecule has 0 unspecified atom stereocenters. The second-order valence-corrected chi connectivity index (χ2v) is 5.28. The lowest BCUT2D eigenvalue weighted by molar-refractivity contribution is 0.403. The minimum Gasteiger partial charge on any atom is -0.305 e. The molecule has 0 aromatic carbocycles. The third-order valence-corrected chi connectivity index (χ3v) is 3.24. The average molecular weight is 227 g/mol. The molecule has 0 spiro atoms. The van der Waals surface area contributed by atoms with E-state index in [1.165, 1.54) is 33.4 Å². The Morgan fingerprint density at radius 1 is 0.941 bits per heavy atom. The highest BCUT2D eigenvalue weighted by Crippen LogP contribution is 2.34. The number of aryl methyl sites for hydroxylation is 3. The van der Waals surface area contributed by atoms with E-state index < -0.39 is 0 Å². The molecule has 0 atom stereocenters. The van der Waals surface area contributed by atoms with Crippen LogP contribution in [0.5, 0.6) is 0 Å². The molecule has 0 N–H and O–H groups in total. The summed E-state index contributed by atoms with van der Waals surface area (Å²) in [5, 5.41) is 0. The summed E-state index contributed by atoms with van der Waals surface area (Å²) >= 11 is 0. The topological polar surface area (TPSA) is 3.24 Å². The van der Waals surface area contributed by atoms with Gasteiger partial charge in [0.2, 0.25) is 0 Å². The summed E-state index contributed by atoms with van der Waals surface area (Å²) in [5.74, 6) is 0. The van der Waals surface area contributed by atoms with Crippen LogP contribution in [0.15, 0.2) is 24.3 Å². The maximum atomic E-state index is 2.29. The Morgan fingerprint density at radius 3 is 2.24 bits per heavy atom. The second-order valence-electron chi connectivity index (χ2n) is 5.28. The van der Waals surface area contributed by atoms with Crippen molar-refractivity contribution >= 4 is 0 Å². The fourth-order valence-electron chi connectivity index (χ4n) is 2.66. The minimum absolute atomic E-state index is 1.01. The van der Waals surface area contributed by atoms with Gasteiger partial charge in [-0.15, -0.1) is 0 Å². The van der Waals surface area contributed by atoms with Crippen LogP contribution >= 0.6 is 0 Å². The first-order chi connectivity index (χ1) is 7.99. The summed E-state index contributed by atoms with van der Waals surface area (Å²) in [5.41, 5.74) is 8.35. The Hall–Kier alpha value is -1.34. The third-order valence-electron chi connectivity index (χ3n) is 3.24. The molecule has 90 valence electrons. The SMILES string of the molecule is Cc1cc(C)c2ccc(CN(C)C)c-2c(C)c1. The smallest absolute Gasteiger partial charge is 0.0233 e. The maximum Gasteiger partial charge on any atom is 0.0233 e. The molecule has 2 rings (SSSR count). The van der Waals surface area contributed by atoms with Gasteiger partial charge in [-0.3, -0.25) is 0 Å². The van der Waals surface area contributed by atoms with Crippen LogP contribution in [-0.4, -0.2) is 19.0 Å². The molecule has 0 aromatic heterocycles. The number of rotatable bonds is 2. The second kappa shape index (κ2) is 4.50. The van der Waals surface area contributed by atoms with Crippen molar-refractivity contribution in [2.75, 3.05) is 14.1 Å². The van der Waals surface area contributed by atoms with Crippen LogP contribution in [0.4, 0.5) is 0 Å². The highest BCUT2D eigenvalue weighted by Gasteiger charge is 2.13. The summed E-state index contributed by atoms with van der Waals surface area (Å²) < 4.78 is 0. The van der Waals surface area contributed by atoms with E-state index in [4.69, 9.17) is 0 Å². The van der Waals surface area contributed by atoms with Crippen LogP contribution < -0.4 is 0 Å². The van der Waals surface area contributed by atoms with Gasteiger partial charge in [0.25, 0.3) is 0 Å². The normalized spacial score (nSPS) is 11.4. The van der Waals surface area contributed by atoms with E-state index in [2.05, 4.69) is 64.0 Å². The molecule has 0 heterocycles. The van der Waals surface area contributed by atoms with E-state index >= 15 is 0 Å². The molecule has 1 heteroatoms. The zero-order chi connectivity index (χ0) is 12.6. The van der Waals surface area contributed by atoms with Crippen molar-refractivity contribution in [3.05, 3.63) is 46.5 Å². The van der Waals surface area contributed by atoms with Crippen molar-refractivity contribution < 1.29 is 0 Å². The first kappa shape index (κ1) is 12.1. The van der Waals surface area contributed by atoms with E-state index in [1.54, 1.807) is 0 Å². The minimum atomic E-state index is 1.01. The number of hydrogen-bond donors (Lipinski definition) is 0. The molecule has 0 bridgehead atoms. The van der Waals surface area contributed by atoms with Crippen molar-refractivity contribution in [2.45, 2.75) is 27.3 Å². The lowest BCUT2D eigenvalue weighted by atomic mass is 10.0. The van der Waals surface area contributed by atoms with Crippen LogP contribution in [0.3, 0.4) is 0 Å². The molecule has 17 heavy (non-hydrogen) atoms. The first-order valence-corrected chi connectivity index (χ1v) is 6.13. The summed E-state index contributed by atoms with van der Waals surface area (Å²) in [6, 6.07) is 9.08. The molecule has 2 aliphatic carbocycles. The van der Waals surface area contributed by atoms with Crippen molar-refractivity contribution in [1.82, 2.24) is 4.90 Å². The quantitative estimate of drug-likeness (QED) is 0.754. The number of nitrogens with zero attached hydrogens (tertiary/aromatic N) is 1. The molecule has 1 nitrogen and oxygen atoms in total. The number of hydrogen-bond acceptors (Lipinski definition) is 1. The molecule has 0 saturated carbocycles. The van der Waals surface area contributed by atoms with Gasteiger partial charge in [-0.25, -0.2) is 0 Å². The zero-order valence-electron chi connectivity index (χ0n) is 11.5. The van der Waals surface area contributed by atoms with Gasteiger partial charge in [-0.2, -0.15) is 0 Å². The first-order valence-electron chi connectivity index (χ1n) is 6.13. The lowest BCUT2D eigenvalue weighted by Gasteiger charge is -2.11. The Labute approximate surface area is 104 Å². The Bertz CT molecular complexity index is 512. The Balaban J connectivity index is 2.65. The largest absolute Gasteiger partial charge is 0.305 e. The standard InChI is InChI=1S/C16H21N/c1-11-8-12(2)15-7-6-14(10-17(4)5)16(15)13(3)9-11/h6-9H,10H2,1-5H3. The summed E-state index contributed by atoms with van der Waals surface area (Å²) in [6.07, 6.45) is 0. The van der Waals surface area contributed by atoms with Gasteiger partial charge in [-0.1, -0.05) is 29.8 Å². The molecule has 0 saturated heterocycles. The zero-order valence-corrected chi connectivity index (χ0v) is 11.5. The summed E-state index contributed by atoms with van der Waals surface area (Å²) in [6.45, 7) is 7.60. The molecule has 2 aliphatic rings. The maximum absolute atomic E-state index is 2.29. The van der Waals surface area contributed by atoms with E-state index in [1.807, 2.05) is 0 Å². The van der Waals surface area contributed by atoms with Crippen molar-refractivity contribution in [1.29, 1.82) is 0 Å². The molecule has 0 radical (unpaired) electrons. The summed E-state index contributed by atoms with van der Waals surface area (Å²) in [7, 11) is 4.24. The third kappa shape index (κ3) is 2.34. The van der Waals surface area contributed by atoms with Crippen molar-refractivity contribution in [3.63, 3.8) is 0 Å². The van der Waals surface area contributed by atoms with Gasteiger partial charge in [0, 0.05) is 6.54 Å². The molecule has 0 fully saturated rings. The lowest BCUT2D eigenvalue weighted by Crippen LogP contribution is -2.10. The van der Waals surface area contributed by atoms with Gasteiger partial charge in [-0.05, 0) is 62.7 Å². The fraction of sp³-hybridized carbons (Fsp3) is 0.375. The highest BCUT2D eigenvalue weighted by atomic mass is 15.0. The van der Waals surface area contributed by atoms with E-state index in [-0.39, 0.29) is 0 Å². The predicted octanol–water partition coefficient (Wildman–Crippen LogP) is 3.78. The van der Waals surface area contributed by atoms with Crippen LogP contribution in [-0.2, 0) is 6.54 Å². The molecule has 0 aromatic rings. The van der Waals surface area contributed by atoms with Crippen LogP contribution in [0, 0.1) is 20.8 Å². The predicted molar refractivity (Wildman–Crippen MR) is 74.7 cm³/mol. The molecule has 0 aliphatic heterocycles. The van der Waals surface area contributed by atoms with Crippen LogP contribution in [0.2, 0.25) is 0 Å². The van der Waals surface area contributed by atoms with E-state index in [0.29, 0.717) is 0 Å². The van der Waals surface area contributed by atoms with Crippen molar-refractivity contribution in [2.24, 2.45) is 0 Å². The van der Waals surface area contributed by atoms with Gasteiger partial charge < -0.3 is 4.90 Å². The van der Waals surface area contributed by atoms with Crippen LogP contribution in [0.25, 0.3) is 11.1 Å². The molecular formula is C16H21N. The fourth-order valence-corrected chi connectivity index (χ4v) is 2.66. The Morgan fingerprint density at radius 2 is 1.59 bits per heavy atom. The van der Waals surface area contributed by atoms with Crippen molar-refractivity contribution in [3.8, 4) is 11.1 Å². The van der Waals surface area contributed by atoms with Crippen LogP contribution in [0.1, 0.15) is 22.3 Å². The average Bonchev–Trinajstić information content (AvgIpc) is 2.55. The molecular weight excluding hydrogens is 206 g/mol. The van der Waals surface area contributed by atoms with Gasteiger partial charge in [0.15, 0.2) is 0 Å². The number of fused-ring (bicyclic) bond motifs is 1.